The molecule has 1 rings (SSSR count). The number of carbonyl (C=O) groups is 1. The first-order chi connectivity index (χ1) is 28.4. The van der Waals surface area contributed by atoms with E-state index in [2.05, 4.69) is 62.5 Å². The van der Waals surface area contributed by atoms with E-state index in [-0.39, 0.29) is 19.2 Å². The van der Waals surface area contributed by atoms with Crippen molar-refractivity contribution >= 4 is 5.97 Å². The SMILES string of the molecule is CCCCC/C=C\C/C=C\CCCCCCCCCCCCOCC(COC1OC(CO)C(O)C(O)C1O)OC(=O)CCCCCCC/C=C\C/C=C\CCCCC. The molecule has 6 unspecified atom stereocenters. The highest BCUT2D eigenvalue weighted by Gasteiger charge is 2.44. The molecule has 9 nitrogen and oxygen atoms in total. The van der Waals surface area contributed by atoms with E-state index in [0.717, 1.165) is 64.2 Å². The Bertz CT molecular complexity index is 1030. The molecule has 1 aliphatic rings. The van der Waals surface area contributed by atoms with Crippen molar-refractivity contribution < 1.29 is 44.2 Å². The lowest BCUT2D eigenvalue weighted by Crippen LogP contribution is -2.59. The normalized spacial score (nSPS) is 20.7. The highest BCUT2D eigenvalue weighted by atomic mass is 16.7. The topological polar surface area (TPSA) is 135 Å². The zero-order chi connectivity index (χ0) is 42.2. The van der Waals surface area contributed by atoms with E-state index in [1.807, 2.05) is 0 Å². The van der Waals surface area contributed by atoms with Crippen LogP contribution in [0.1, 0.15) is 194 Å². The number of hydrogen-bond acceptors (Lipinski definition) is 9. The van der Waals surface area contributed by atoms with Gasteiger partial charge in [-0.05, 0) is 77.0 Å². The van der Waals surface area contributed by atoms with Crippen LogP contribution in [0.15, 0.2) is 48.6 Å². The molecule has 0 amide bonds. The monoisotopic (exact) mass is 821 g/mol. The van der Waals surface area contributed by atoms with Gasteiger partial charge in [0.25, 0.3) is 0 Å². The molecular weight excluding hydrogens is 733 g/mol. The third-order valence-electron chi connectivity index (χ3n) is 10.7. The van der Waals surface area contributed by atoms with Crippen LogP contribution in [0, 0.1) is 0 Å². The Labute approximate surface area is 354 Å². The number of unbranched alkanes of at least 4 members (excludes halogenated alkanes) is 21. The molecule has 0 aromatic carbocycles. The molecule has 58 heavy (non-hydrogen) atoms. The van der Waals surface area contributed by atoms with Gasteiger partial charge in [-0.25, -0.2) is 0 Å². The van der Waals surface area contributed by atoms with Crippen molar-refractivity contribution in [3.63, 3.8) is 0 Å². The molecule has 1 heterocycles. The van der Waals surface area contributed by atoms with Gasteiger partial charge in [0, 0.05) is 13.0 Å². The van der Waals surface area contributed by atoms with Gasteiger partial charge >= 0.3 is 5.97 Å². The van der Waals surface area contributed by atoms with Gasteiger partial charge in [0.05, 0.1) is 19.8 Å². The minimum absolute atomic E-state index is 0.121. The van der Waals surface area contributed by atoms with Crippen LogP contribution < -0.4 is 0 Å². The fourth-order valence-corrected chi connectivity index (χ4v) is 6.96. The Hall–Kier alpha value is -1.85. The van der Waals surface area contributed by atoms with Crippen LogP contribution in [-0.2, 0) is 23.7 Å². The van der Waals surface area contributed by atoms with E-state index in [9.17, 15) is 25.2 Å². The number of ether oxygens (including phenoxy) is 4. The van der Waals surface area contributed by atoms with Crippen molar-refractivity contribution in [3.8, 4) is 0 Å². The van der Waals surface area contributed by atoms with Crippen molar-refractivity contribution in [1.29, 1.82) is 0 Å². The molecule has 1 saturated heterocycles. The van der Waals surface area contributed by atoms with Gasteiger partial charge in [0.1, 0.15) is 30.5 Å². The van der Waals surface area contributed by atoms with E-state index in [1.165, 1.54) is 109 Å². The van der Waals surface area contributed by atoms with E-state index < -0.39 is 43.4 Å². The second-order valence-electron chi connectivity index (χ2n) is 16.2. The molecule has 0 bridgehead atoms. The zero-order valence-electron chi connectivity index (χ0n) is 37.0. The Kier molecular flexibility index (Phi) is 37.9. The van der Waals surface area contributed by atoms with Gasteiger partial charge in [0.2, 0.25) is 0 Å². The molecule has 9 heteroatoms. The molecule has 0 spiro atoms. The molecule has 0 aromatic heterocycles. The van der Waals surface area contributed by atoms with E-state index in [1.54, 1.807) is 0 Å². The summed E-state index contributed by atoms with van der Waals surface area (Å²) < 4.78 is 22.8. The molecule has 1 fully saturated rings. The number of aliphatic hydroxyl groups excluding tert-OH is 4. The fourth-order valence-electron chi connectivity index (χ4n) is 6.96. The third-order valence-corrected chi connectivity index (χ3v) is 10.7. The highest BCUT2D eigenvalue weighted by molar-refractivity contribution is 5.69. The summed E-state index contributed by atoms with van der Waals surface area (Å²) in [4.78, 5) is 12.8. The summed E-state index contributed by atoms with van der Waals surface area (Å²) in [6, 6.07) is 0. The van der Waals surface area contributed by atoms with E-state index in [4.69, 9.17) is 18.9 Å². The molecule has 0 aromatic rings. The Morgan fingerprint density at radius 1 is 0.552 bits per heavy atom. The minimum atomic E-state index is -1.54. The first-order valence-corrected chi connectivity index (χ1v) is 23.7. The first-order valence-electron chi connectivity index (χ1n) is 23.7. The Morgan fingerprint density at radius 2 is 1.00 bits per heavy atom. The van der Waals surface area contributed by atoms with Gasteiger partial charge in [-0.15, -0.1) is 0 Å². The van der Waals surface area contributed by atoms with Gasteiger partial charge < -0.3 is 39.4 Å². The van der Waals surface area contributed by atoms with Crippen molar-refractivity contribution in [2.45, 2.75) is 230 Å². The number of rotatable bonds is 40. The van der Waals surface area contributed by atoms with Crippen LogP contribution in [-0.4, -0.2) is 89.6 Å². The number of aliphatic hydroxyl groups is 4. The van der Waals surface area contributed by atoms with Gasteiger partial charge in [-0.2, -0.15) is 0 Å². The summed E-state index contributed by atoms with van der Waals surface area (Å²) in [6.45, 7) is 4.49. The van der Waals surface area contributed by atoms with Crippen molar-refractivity contribution in [2.75, 3.05) is 26.4 Å². The lowest BCUT2D eigenvalue weighted by atomic mass is 9.99. The van der Waals surface area contributed by atoms with Crippen LogP contribution in [0.25, 0.3) is 0 Å². The van der Waals surface area contributed by atoms with E-state index in [0.29, 0.717) is 13.0 Å². The number of allylic oxidation sites excluding steroid dienone is 8. The maximum Gasteiger partial charge on any atom is 0.306 e. The second-order valence-corrected chi connectivity index (χ2v) is 16.2. The van der Waals surface area contributed by atoms with Crippen LogP contribution >= 0.6 is 0 Å². The first kappa shape index (κ1) is 54.2. The third kappa shape index (κ3) is 31.1. The van der Waals surface area contributed by atoms with Gasteiger partial charge in [-0.3, -0.25) is 4.79 Å². The summed E-state index contributed by atoms with van der Waals surface area (Å²) in [6.07, 6.45) is 42.7. The molecule has 1 aliphatic heterocycles. The molecule has 338 valence electrons. The zero-order valence-corrected chi connectivity index (χ0v) is 37.0. The molecule has 0 radical (unpaired) electrons. The molecular formula is C49H88O9. The maximum absolute atomic E-state index is 12.8. The summed E-state index contributed by atoms with van der Waals surface area (Å²) in [7, 11) is 0. The molecule has 0 aliphatic carbocycles. The lowest BCUT2D eigenvalue weighted by Gasteiger charge is -2.39. The standard InChI is InChI=1S/C49H88O9/c1-3-5-7-9-11-13-15-17-19-20-21-22-23-25-27-29-31-33-35-37-39-55-41-43(42-56-49-48(54)47(53)46(52)44(40-50)58-49)57-45(51)38-36-34-32-30-28-26-24-18-16-14-12-10-8-6-4-2/h11-14,17-19,24,43-44,46-50,52-54H,3-10,15-16,20-23,25-42H2,1-2H3/b13-11-,14-12-,19-17-,24-18-. The highest BCUT2D eigenvalue weighted by Crippen LogP contribution is 2.22. The second kappa shape index (κ2) is 40.6. The fraction of sp³-hybridized carbons (Fsp3) is 0.816. The number of hydrogen-bond donors (Lipinski definition) is 4. The number of carbonyl (C=O) groups excluding carboxylic acids is 1. The van der Waals surface area contributed by atoms with Crippen molar-refractivity contribution in [3.05, 3.63) is 48.6 Å². The quantitative estimate of drug-likeness (QED) is 0.0271. The summed E-state index contributed by atoms with van der Waals surface area (Å²) in [5.74, 6) is -0.329. The van der Waals surface area contributed by atoms with Crippen LogP contribution in [0.2, 0.25) is 0 Å². The van der Waals surface area contributed by atoms with E-state index >= 15 is 0 Å². The molecule has 6 atom stereocenters. The predicted molar refractivity (Wildman–Crippen MR) is 238 cm³/mol. The van der Waals surface area contributed by atoms with Gasteiger partial charge in [0.15, 0.2) is 6.29 Å². The summed E-state index contributed by atoms with van der Waals surface area (Å²) >= 11 is 0. The minimum Gasteiger partial charge on any atom is -0.457 e. The van der Waals surface area contributed by atoms with Crippen LogP contribution in [0.3, 0.4) is 0 Å². The number of esters is 1. The molecule has 0 saturated carbocycles. The largest absolute Gasteiger partial charge is 0.457 e. The Morgan fingerprint density at radius 3 is 1.48 bits per heavy atom. The average molecular weight is 821 g/mol. The average Bonchev–Trinajstić information content (AvgIpc) is 3.22. The Balaban J connectivity index is 2.24. The summed E-state index contributed by atoms with van der Waals surface area (Å²) in [5.41, 5.74) is 0. The lowest BCUT2D eigenvalue weighted by molar-refractivity contribution is -0.305. The van der Waals surface area contributed by atoms with Gasteiger partial charge in [-0.1, -0.05) is 159 Å². The smallest absolute Gasteiger partial charge is 0.306 e. The maximum atomic E-state index is 12.8. The van der Waals surface area contributed by atoms with Crippen LogP contribution in [0.5, 0.6) is 0 Å². The molecule has 4 N–H and O–H groups in total. The van der Waals surface area contributed by atoms with Crippen LogP contribution in [0.4, 0.5) is 0 Å². The predicted octanol–water partition coefficient (Wildman–Crippen LogP) is 10.9. The van der Waals surface area contributed by atoms with Crippen molar-refractivity contribution in [2.24, 2.45) is 0 Å². The summed E-state index contributed by atoms with van der Waals surface area (Å²) in [5, 5.41) is 40.1. The van der Waals surface area contributed by atoms with Crippen molar-refractivity contribution in [1.82, 2.24) is 0 Å².